The molecule has 0 saturated carbocycles. The van der Waals surface area contributed by atoms with Crippen LogP contribution in [0.3, 0.4) is 0 Å². The summed E-state index contributed by atoms with van der Waals surface area (Å²) < 4.78 is 11.5. The van der Waals surface area contributed by atoms with Crippen LogP contribution in [0.2, 0.25) is 0 Å². The fraction of sp³-hybridized carbons (Fsp3) is 0.200. The van der Waals surface area contributed by atoms with E-state index in [4.69, 9.17) is 5.26 Å². The first-order valence-corrected chi connectivity index (χ1v) is 8.86. The van der Waals surface area contributed by atoms with Crippen LogP contribution in [0.25, 0.3) is 0 Å². The monoisotopic (exact) mass is 318 g/mol. The molecule has 1 N–H and O–H groups in total. The van der Waals surface area contributed by atoms with Gasteiger partial charge in [-0.3, -0.25) is 9.00 Å². The van der Waals surface area contributed by atoms with Gasteiger partial charge in [0.2, 0.25) is 0 Å². The topological polar surface area (TPSA) is 70.0 Å². The number of nitrogens with one attached hydrogen (secondary N) is 1. The smallest absolute Gasteiger partial charge is 0.263 e. The summed E-state index contributed by atoms with van der Waals surface area (Å²) in [5.41, 5.74) is 1.26. The molecular weight excluding hydrogens is 304 g/mol. The van der Waals surface area contributed by atoms with E-state index < -0.39 is 10.8 Å². The second kappa shape index (κ2) is 7.16. The van der Waals surface area contributed by atoms with Crippen LogP contribution < -0.4 is 5.32 Å². The number of carbonyl (C=O) groups excluding carboxylic acids is 1. The van der Waals surface area contributed by atoms with Gasteiger partial charge in [0.1, 0.15) is 10.9 Å². The molecule has 0 aliphatic carbocycles. The molecule has 0 spiro atoms. The highest BCUT2D eigenvalue weighted by atomic mass is 32.2. The zero-order valence-electron chi connectivity index (χ0n) is 11.4. The number of amides is 1. The number of benzene rings is 1. The van der Waals surface area contributed by atoms with E-state index in [0.29, 0.717) is 16.2 Å². The van der Waals surface area contributed by atoms with Gasteiger partial charge in [0.15, 0.2) is 0 Å². The van der Waals surface area contributed by atoms with E-state index in [1.54, 1.807) is 17.7 Å². The Morgan fingerprint density at radius 1 is 1.38 bits per heavy atom. The van der Waals surface area contributed by atoms with Crippen LogP contribution in [-0.4, -0.2) is 22.1 Å². The molecule has 0 aliphatic heterocycles. The van der Waals surface area contributed by atoms with Gasteiger partial charge in [0.05, 0.1) is 11.6 Å². The molecule has 1 aromatic carbocycles. The average Bonchev–Trinajstić information content (AvgIpc) is 2.95. The first-order valence-electron chi connectivity index (χ1n) is 6.25. The van der Waals surface area contributed by atoms with Crippen molar-refractivity contribution in [2.45, 2.75) is 6.04 Å². The first-order chi connectivity index (χ1) is 10.1. The maximum atomic E-state index is 12.3. The second-order valence-electron chi connectivity index (χ2n) is 4.45. The van der Waals surface area contributed by atoms with Gasteiger partial charge in [-0.25, -0.2) is 0 Å². The molecule has 0 bridgehead atoms. The molecule has 1 aromatic heterocycles. The Bertz CT molecular complexity index is 689. The van der Waals surface area contributed by atoms with Crippen LogP contribution in [-0.2, 0) is 10.8 Å². The van der Waals surface area contributed by atoms with Gasteiger partial charge in [-0.05, 0) is 17.0 Å². The molecule has 1 amide bonds. The standard InChI is InChI=1S/C15H14N2O2S2/c1-21(19)10-13(11-5-3-2-4-6-11)17-15(18)14-12(9-16)7-8-20-14/h2-8,13H,10H2,1H3,(H,17,18)/t13-,21+/m0/s1. The van der Waals surface area contributed by atoms with Crippen molar-refractivity contribution in [3.63, 3.8) is 0 Å². The number of hydrogen-bond donors (Lipinski definition) is 1. The number of carbonyl (C=O) groups is 1. The quantitative estimate of drug-likeness (QED) is 0.920. The first kappa shape index (κ1) is 15.4. The van der Waals surface area contributed by atoms with Gasteiger partial charge in [-0.2, -0.15) is 5.26 Å². The third-order valence-electron chi connectivity index (χ3n) is 2.90. The number of rotatable bonds is 5. The van der Waals surface area contributed by atoms with Crippen LogP contribution in [0.1, 0.15) is 26.8 Å². The van der Waals surface area contributed by atoms with E-state index in [1.807, 2.05) is 36.4 Å². The van der Waals surface area contributed by atoms with Crippen molar-refractivity contribution in [1.29, 1.82) is 5.26 Å². The Balaban J connectivity index is 2.22. The number of thiophene rings is 1. The maximum Gasteiger partial charge on any atom is 0.263 e. The van der Waals surface area contributed by atoms with Gasteiger partial charge < -0.3 is 5.32 Å². The predicted molar refractivity (Wildman–Crippen MR) is 84.6 cm³/mol. The lowest BCUT2D eigenvalue weighted by Crippen LogP contribution is -2.31. The molecule has 108 valence electrons. The highest BCUT2D eigenvalue weighted by Crippen LogP contribution is 2.19. The molecule has 0 fully saturated rings. The minimum Gasteiger partial charge on any atom is -0.344 e. The summed E-state index contributed by atoms with van der Waals surface area (Å²) in [5.74, 6) is 0.0316. The molecule has 6 heteroatoms. The van der Waals surface area contributed by atoms with Crippen molar-refractivity contribution >= 4 is 28.0 Å². The molecule has 4 nitrogen and oxygen atoms in total. The second-order valence-corrected chi connectivity index (χ2v) is 6.85. The Hall–Kier alpha value is -1.97. The van der Waals surface area contributed by atoms with Gasteiger partial charge in [0.25, 0.3) is 5.91 Å². The lowest BCUT2D eigenvalue weighted by atomic mass is 10.1. The summed E-state index contributed by atoms with van der Waals surface area (Å²) in [6, 6.07) is 12.7. The largest absolute Gasteiger partial charge is 0.344 e. The van der Waals surface area contributed by atoms with Crippen molar-refractivity contribution in [1.82, 2.24) is 5.32 Å². The van der Waals surface area contributed by atoms with E-state index in [1.165, 1.54) is 11.3 Å². The molecule has 2 atom stereocenters. The Kier molecular flexibility index (Phi) is 5.26. The van der Waals surface area contributed by atoms with Crippen molar-refractivity contribution in [2.75, 3.05) is 12.0 Å². The highest BCUT2D eigenvalue weighted by molar-refractivity contribution is 7.84. The summed E-state index contributed by atoms with van der Waals surface area (Å²) in [6.07, 6.45) is 1.61. The van der Waals surface area contributed by atoms with E-state index in [2.05, 4.69) is 5.32 Å². The molecule has 0 unspecified atom stereocenters. The van der Waals surface area contributed by atoms with Crippen LogP contribution in [0.15, 0.2) is 41.8 Å². The SMILES string of the molecule is C[S@@](=O)C[C@H](NC(=O)c1sccc1C#N)c1ccccc1. The summed E-state index contributed by atoms with van der Waals surface area (Å²) >= 11 is 1.23. The molecule has 2 aromatic rings. The molecule has 2 rings (SSSR count). The number of nitrogens with zero attached hydrogens (tertiary/aromatic N) is 1. The average molecular weight is 318 g/mol. The minimum atomic E-state index is -1.04. The van der Waals surface area contributed by atoms with Crippen molar-refractivity contribution < 1.29 is 9.00 Å². The van der Waals surface area contributed by atoms with E-state index in [9.17, 15) is 9.00 Å². The van der Waals surface area contributed by atoms with Crippen LogP contribution in [0.5, 0.6) is 0 Å². The van der Waals surface area contributed by atoms with Gasteiger partial charge >= 0.3 is 0 Å². The molecule has 21 heavy (non-hydrogen) atoms. The van der Waals surface area contributed by atoms with E-state index in [0.717, 1.165) is 5.56 Å². The third-order valence-corrected chi connectivity index (χ3v) is 4.62. The maximum absolute atomic E-state index is 12.3. The molecular formula is C15H14N2O2S2. The normalized spacial score (nSPS) is 13.1. The molecule has 0 radical (unpaired) electrons. The zero-order chi connectivity index (χ0) is 15.2. The van der Waals surface area contributed by atoms with Gasteiger partial charge in [0, 0.05) is 22.8 Å². The van der Waals surface area contributed by atoms with Crippen molar-refractivity contribution in [3.8, 4) is 6.07 Å². The number of nitriles is 1. The Morgan fingerprint density at radius 2 is 2.10 bits per heavy atom. The Labute approximate surface area is 129 Å². The van der Waals surface area contributed by atoms with E-state index in [-0.39, 0.29) is 11.9 Å². The lowest BCUT2D eigenvalue weighted by Gasteiger charge is -2.17. The summed E-state index contributed by atoms with van der Waals surface area (Å²) in [4.78, 5) is 12.7. The van der Waals surface area contributed by atoms with Gasteiger partial charge in [-0.15, -0.1) is 11.3 Å². The molecule has 0 aliphatic rings. The predicted octanol–water partition coefficient (Wildman–Crippen LogP) is 2.47. The molecule has 1 heterocycles. The fourth-order valence-corrected chi connectivity index (χ4v) is 3.43. The van der Waals surface area contributed by atoms with Gasteiger partial charge in [-0.1, -0.05) is 30.3 Å². The van der Waals surface area contributed by atoms with Crippen molar-refractivity contribution in [2.24, 2.45) is 0 Å². The molecule has 0 saturated heterocycles. The van der Waals surface area contributed by atoms with Crippen LogP contribution in [0, 0.1) is 11.3 Å². The fourth-order valence-electron chi connectivity index (χ4n) is 1.94. The third kappa shape index (κ3) is 4.00. The lowest BCUT2D eigenvalue weighted by molar-refractivity contribution is 0.0944. The summed E-state index contributed by atoms with van der Waals surface area (Å²) in [6.45, 7) is 0. The van der Waals surface area contributed by atoms with Crippen LogP contribution >= 0.6 is 11.3 Å². The highest BCUT2D eigenvalue weighted by Gasteiger charge is 2.19. The van der Waals surface area contributed by atoms with Crippen molar-refractivity contribution in [3.05, 3.63) is 57.8 Å². The zero-order valence-corrected chi connectivity index (χ0v) is 13.0. The minimum absolute atomic E-state index is 0.305. The number of hydrogen-bond acceptors (Lipinski definition) is 4. The van der Waals surface area contributed by atoms with Crippen LogP contribution in [0.4, 0.5) is 0 Å². The summed E-state index contributed by atoms with van der Waals surface area (Å²) in [7, 11) is -1.04. The Morgan fingerprint density at radius 3 is 2.71 bits per heavy atom. The van der Waals surface area contributed by atoms with E-state index >= 15 is 0 Å². The summed E-state index contributed by atoms with van der Waals surface area (Å²) in [5, 5.41) is 13.6.